The molecule has 1 N–H and O–H groups in total. The van der Waals surface area contributed by atoms with Crippen LogP contribution in [0.3, 0.4) is 0 Å². The van der Waals surface area contributed by atoms with Crippen molar-refractivity contribution in [3.63, 3.8) is 0 Å². The summed E-state index contributed by atoms with van der Waals surface area (Å²) in [6.45, 7) is -0.606. The molecule has 0 aromatic carbocycles. The third kappa shape index (κ3) is 2.76. The molecular weight excluding hydrogens is 148 g/mol. The number of ether oxygens (including phenoxy) is 2. The monoisotopic (exact) mass is 160 g/mol. The number of carbonyl (C=O) groups excluding carboxylic acids is 1. The maximum Gasteiger partial charge on any atom is 0.510 e. The molecule has 0 heterocycles. The van der Waals surface area contributed by atoms with Crippen molar-refractivity contribution in [1.29, 1.82) is 0 Å². The molecule has 64 valence electrons. The van der Waals surface area contributed by atoms with Gasteiger partial charge < -0.3 is 14.6 Å². The summed E-state index contributed by atoms with van der Waals surface area (Å²) in [6, 6.07) is 0. The molecular formula is C7H12O4. The molecule has 4 heteroatoms. The second-order valence-electron chi connectivity index (χ2n) is 2.55. The van der Waals surface area contributed by atoms with Gasteiger partial charge in [0.15, 0.2) is 6.79 Å². The Balaban J connectivity index is 2.13. The van der Waals surface area contributed by atoms with Crippen molar-refractivity contribution < 1.29 is 19.4 Å². The molecule has 1 aliphatic carbocycles. The Bertz CT molecular complexity index is 128. The molecule has 1 fully saturated rings. The number of aliphatic hydroxyl groups excluding tert-OH is 1. The highest BCUT2D eigenvalue weighted by Gasteiger charge is 2.19. The van der Waals surface area contributed by atoms with E-state index < -0.39 is 12.9 Å². The smallest absolute Gasteiger partial charge is 0.431 e. The van der Waals surface area contributed by atoms with Gasteiger partial charge in [-0.2, -0.15) is 0 Å². The van der Waals surface area contributed by atoms with E-state index in [1.54, 1.807) is 0 Å². The molecule has 0 saturated heterocycles. The minimum absolute atomic E-state index is 0.00838. The fourth-order valence-electron chi connectivity index (χ4n) is 1.23. The maximum atomic E-state index is 10.6. The predicted octanol–water partition coefficient (Wildman–Crippen LogP) is 1.03. The average molecular weight is 160 g/mol. The van der Waals surface area contributed by atoms with Crippen LogP contribution < -0.4 is 0 Å². The van der Waals surface area contributed by atoms with E-state index in [0.717, 1.165) is 25.7 Å². The lowest BCUT2D eigenvalue weighted by atomic mass is 10.3. The summed E-state index contributed by atoms with van der Waals surface area (Å²) in [5, 5.41) is 8.19. The van der Waals surface area contributed by atoms with Crippen LogP contribution in [0.5, 0.6) is 0 Å². The maximum absolute atomic E-state index is 10.6. The predicted molar refractivity (Wildman–Crippen MR) is 36.9 cm³/mol. The Hall–Kier alpha value is -0.770. The van der Waals surface area contributed by atoms with Crippen LogP contribution in [0.2, 0.25) is 0 Å². The van der Waals surface area contributed by atoms with Gasteiger partial charge in [-0.1, -0.05) is 0 Å². The molecule has 0 spiro atoms. The Morgan fingerprint density at radius 2 is 2.09 bits per heavy atom. The normalized spacial score (nSPS) is 18.3. The summed E-state index contributed by atoms with van der Waals surface area (Å²) in [4.78, 5) is 10.6. The van der Waals surface area contributed by atoms with Crippen molar-refractivity contribution in [2.24, 2.45) is 0 Å². The Morgan fingerprint density at radius 1 is 1.45 bits per heavy atom. The number of hydrogen-bond donors (Lipinski definition) is 1. The highest BCUT2D eigenvalue weighted by atomic mass is 16.8. The Labute approximate surface area is 65.1 Å². The van der Waals surface area contributed by atoms with E-state index in [4.69, 9.17) is 9.84 Å². The van der Waals surface area contributed by atoms with Crippen LogP contribution in [0, 0.1) is 0 Å². The van der Waals surface area contributed by atoms with Crippen LogP contribution in [0.4, 0.5) is 4.79 Å². The SMILES string of the molecule is O=C(OCO)OC1CCCC1. The van der Waals surface area contributed by atoms with Gasteiger partial charge >= 0.3 is 6.16 Å². The van der Waals surface area contributed by atoms with Gasteiger partial charge in [-0.3, -0.25) is 0 Å². The van der Waals surface area contributed by atoms with Gasteiger partial charge in [0.05, 0.1) is 0 Å². The van der Waals surface area contributed by atoms with Crippen molar-refractivity contribution in [2.75, 3.05) is 6.79 Å². The number of carbonyl (C=O) groups is 1. The van der Waals surface area contributed by atoms with E-state index in [9.17, 15) is 4.79 Å². The largest absolute Gasteiger partial charge is 0.510 e. The topological polar surface area (TPSA) is 55.8 Å². The minimum atomic E-state index is -0.764. The molecule has 0 amide bonds. The fraction of sp³-hybridized carbons (Fsp3) is 0.857. The second-order valence-corrected chi connectivity index (χ2v) is 2.55. The van der Waals surface area contributed by atoms with E-state index in [0.29, 0.717) is 0 Å². The summed E-state index contributed by atoms with van der Waals surface area (Å²) in [7, 11) is 0. The molecule has 0 aliphatic heterocycles. The van der Waals surface area contributed by atoms with Crippen LogP contribution in [-0.2, 0) is 9.47 Å². The molecule has 0 atom stereocenters. The first kappa shape index (κ1) is 8.33. The molecule has 1 aliphatic rings. The Kier molecular flexibility index (Phi) is 3.16. The van der Waals surface area contributed by atoms with E-state index in [2.05, 4.69) is 4.74 Å². The van der Waals surface area contributed by atoms with Gasteiger partial charge in [-0.25, -0.2) is 4.79 Å². The van der Waals surface area contributed by atoms with Gasteiger partial charge in [-0.15, -0.1) is 0 Å². The zero-order valence-corrected chi connectivity index (χ0v) is 6.28. The lowest BCUT2D eigenvalue weighted by Crippen LogP contribution is -2.16. The van der Waals surface area contributed by atoms with Gasteiger partial charge in [0, 0.05) is 0 Å². The van der Waals surface area contributed by atoms with Crippen LogP contribution in [0.25, 0.3) is 0 Å². The molecule has 0 aromatic heterocycles. The fourth-order valence-corrected chi connectivity index (χ4v) is 1.23. The zero-order chi connectivity index (χ0) is 8.10. The molecule has 0 bridgehead atoms. The third-order valence-corrected chi connectivity index (χ3v) is 1.75. The third-order valence-electron chi connectivity index (χ3n) is 1.75. The number of aliphatic hydroxyl groups is 1. The summed E-state index contributed by atoms with van der Waals surface area (Å²) >= 11 is 0. The summed E-state index contributed by atoms with van der Waals surface area (Å²) < 4.78 is 9.03. The average Bonchev–Trinajstić information content (AvgIpc) is 2.40. The highest BCUT2D eigenvalue weighted by Crippen LogP contribution is 2.21. The van der Waals surface area contributed by atoms with Crippen LogP contribution in [-0.4, -0.2) is 24.2 Å². The molecule has 0 unspecified atom stereocenters. The second kappa shape index (κ2) is 4.18. The summed E-state index contributed by atoms with van der Waals surface area (Å²) in [5.41, 5.74) is 0. The van der Waals surface area contributed by atoms with Crippen molar-refractivity contribution in [3.8, 4) is 0 Å². The first-order valence-corrected chi connectivity index (χ1v) is 3.77. The summed E-state index contributed by atoms with van der Waals surface area (Å²) in [5.74, 6) is 0. The van der Waals surface area contributed by atoms with E-state index in [1.165, 1.54) is 0 Å². The molecule has 0 radical (unpaired) electrons. The van der Waals surface area contributed by atoms with Crippen LogP contribution >= 0.6 is 0 Å². The van der Waals surface area contributed by atoms with Gasteiger partial charge in [-0.05, 0) is 25.7 Å². The molecule has 4 nitrogen and oxygen atoms in total. The number of rotatable bonds is 2. The van der Waals surface area contributed by atoms with Crippen LogP contribution in [0.1, 0.15) is 25.7 Å². The standard InChI is InChI=1S/C7H12O4/c8-5-10-7(9)11-6-3-1-2-4-6/h6,8H,1-5H2. The highest BCUT2D eigenvalue weighted by molar-refractivity contribution is 5.59. The first-order valence-electron chi connectivity index (χ1n) is 3.77. The van der Waals surface area contributed by atoms with Gasteiger partial charge in [0.2, 0.25) is 0 Å². The van der Waals surface area contributed by atoms with Crippen molar-refractivity contribution >= 4 is 6.16 Å². The van der Waals surface area contributed by atoms with Crippen molar-refractivity contribution in [1.82, 2.24) is 0 Å². The molecule has 0 aromatic rings. The first-order chi connectivity index (χ1) is 5.33. The van der Waals surface area contributed by atoms with Crippen molar-refractivity contribution in [3.05, 3.63) is 0 Å². The quantitative estimate of drug-likeness (QED) is 0.484. The summed E-state index contributed by atoms with van der Waals surface area (Å²) in [6.07, 6.45) is 3.29. The van der Waals surface area contributed by atoms with E-state index in [-0.39, 0.29) is 6.10 Å². The van der Waals surface area contributed by atoms with Gasteiger partial charge in [0.25, 0.3) is 0 Å². The van der Waals surface area contributed by atoms with E-state index >= 15 is 0 Å². The van der Waals surface area contributed by atoms with Crippen molar-refractivity contribution in [2.45, 2.75) is 31.8 Å². The lowest BCUT2D eigenvalue weighted by Gasteiger charge is -2.09. The Morgan fingerprint density at radius 3 is 2.64 bits per heavy atom. The zero-order valence-electron chi connectivity index (χ0n) is 6.28. The number of hydrogen-bond acceptors (Lipinski definition) is 4. The van der Waals surface area contributed by atoms with Gasteiger partial charge in [0.1, 0.15) is 6.10 Å². The molecule has 1 rings (SSSR count). The molecule has 11 heavy (non-hydrogen) atoms. The minimum Gasteiger partial charge on any atom is -0.431 e. The van der Waals surface area contributed by atoms with E-state index in [1.807, 2.05) is 0 Å². The molecule has 1 saturated carbocycles. The lowest BCUT2D eigenvalue weighted by molar-refractivity contribution is -0.0221. The van der Waals surface area contributed by atoms with Crippen LogP contribution in [0.15, 0.2) is 0 Å².